The molecule has 3 saturated heterocycles. The molecular weight excluding hydrogens is 477 g/mol. The molecular formula is C28H32NO6P. The second-order valence-corrected chi connectivity index (χ2v) is 13.1. The van der Waals surface area contributed by atoms with Gasteiger partial charge in [0, 0.05) is 11.0 Å². The Labute approximate surface area is 211 Å². The summed E-state index contributed by atoms with van der Waals surface area (Å²) >= 11 is 0. The van der Waals surface area contributed by atoms with E-state index in [0.29, 0.717) is 11.9 Å². The Morgan fingerprint density at radius 2 is 1.47 bits per heavy atom. The molecule has 0 spiro atoms. The van der Waals surface area contributed by atoms with Gasteiger partial charge in [-0.05, 0) is 62.7 Å². The van der Waals surface area contributed by atoms with E-state index in [9.17, 15) is 4.57 Å². The number of nitrogens with one attached hydrogen (secondary N) is 1. The van der Waals surface area contributed by atoms with Crippen LogP contribution in [0.25, 0.3) is 10.8 Å². The zero-order valence-corrected chi connectivity index (χ0v) is 21.8. The van der Waals surface area contributed by atoms with Gasteiger partial charge in [0.1, 0.15) is 30.2 Å². The van der Waals surface area contributed by atoms with Crippen molar-refractivity contribution in [2.75, 3.05) is 11.9 Å². The summed E-state index contributed by atoms with van der Waals surface area (Å²) < 4.78 is 46.4. The molecule has 6 rings (SSSR count). The minimum Gasteiger partial charge on any atom is -0.371 e. The highest BCUT2D eigenvalue weighted by atomic mass is 31.2. The zero-order chi connectivity index (χ0) is 25.1. The summed E-state index contributed by atoms with van der Waals surface area (Å²) in [6, 6.07) is 23.6. The fourth-order valence-electron chi connectivity index (χ4n) is 5.45. The molecule has 3 aromatic rings. The maximum atomic E-state index is 15.0. The highest BCUT2D eigenvalue weighted by molar-refractivity contribution is 7.68. The van der Waals surface area contributed by atoms with Crippen molar-refractivity contribution >= 4 is 29.1 Å². The molecule has 0 unspecified atom stereocenters. The number of fused-ring (bicyclic) bond motifs is 2. The highest BCUT2D eigenvalue weighted by Gasteiger charge is 2.62. The normalized spacial score (nSPS) is 34.9. The molecule has 0 radical (unpaired) electrons. The van der Waals surface area contributed by atoms with E-state index < -0.39 is 49.1 Å². The van der Waals surface area contributed by atoms with Crippen molar-refractivity contribution in [3.63, 3.8) is 0 Å². The first-order chi connectivity index (χ1) is 17.1. The first-order valence-corrected chi connectivity index (χ1v) is 14.1. The molecule has 3 aliphatic heterocycles. The summed E-state index contributed by atoms with van der Waals surface area (Å²) in [5.41, 5.74) is 0.838. The summed E-state index contributed by atoms with van der Waals surface area (Å²) in [5.74, 6) is -2.30. The fraction of sp³-hybridized carbons (Fsp3) is 0.429. The maximum Gasteiger partial charge on any atom is 0.256 e. The van der Waals surface area contributed by atoms with Crippen molar-refractivity contribution in [1.82, 2.24) is 0 Å². The van der Waals surface area contributed by atoms with Gasteiger partial charge in [-0.25, -0.2) is 0 Å². The Hall–Kier alpha value is -2.25. The van der Waals surface area contributed by atoms with E-state index in [-0.39, 0.29) is 0 Å². The lowest BCUT2D eigenvalue weighted by atomic mass is 10.0. The molecule has 8 heteroatoms. The van der Waals surface area contributed by atoms with Gasteiger partial charge in [-0.3, -0.25) is 4.57 Å². The van der Waals surface area contributed by atoms with Gasteiger partial charge in [-0.2, -0.15) is 0 Å². The second kappa shape index (κ2) is 8.66. The smallest absolute Gasteiger partial charge is 0.256 e. The predicted octanol–water partition coefficient (Wildman–Crippen LogP) is 5.25. The van der Waals surface area contributed by atoms with Gasteiger partial charge < -0.3 is 28.8 Å². The van der Waals surface area contributed by atoms with Crippen molar-refractivity contribution in [3.05, 3.63) is 72.8 Å². The average molecular weight is 510 g/mol. The van der Waals surface area contributed by atoms with Crippen LogP contribution in [-0.4, -0.2) is 48.4 Å². The molecule has 0 bridgehead atoms. The fourth-order valence-corrected chi connectivity index (χ4v) is 8.16. The monoisotopic (exact) mass is 509 g/mol. The van der Waals surface area contributed by atoms with Crippen LogP contribution >= 0.6 is 7.37 Å². The lowest BCUT2D eigenvalue weighted by molar-refractivity contribution is -0.174. The Morgan fingerprint density at radius 1 is 0.778 bits per heavy atom. The van der Waals surface area contributed by atoms with Crippen LogP contribution in [0.1, 0.15) is 27.7 Å². The van der Waals surface area contributed by atoms with Crippen molar-refractivity contribution < 1.29 is 28.0 Å². The molecule has 6 atom stereocenters. The maximum absolute atomic E-state index is 15.0. The van der Waals surface area contributed by atoms with Crippen molar-refractivity contribution in [2.24, 2.45) is 0 Å². The number of anilines is 1. The molecule has 36 heavy (non-hydrogen) atoms. The van der Waals surface area contributed by atoms with E-state index >= 15 is 0 Å². The summed E-state index contributed by atoms with van der Waals surface area (Å²) in [7, 11) is -3.53. The van der Waals surface area contributed by atoms with Crippen LogP contribution in [-0.2, 0) is 28.0 Å². The van der Waals surface area contributed by atoms with Crippen LogP contribution in [0.3, 0.4) is 0 Å². The van der Waals surface area contributed by atoms with Gasteiger partial charge in [-0.1, -0.05) is 48.5 Å². The van der Waals surface area contributed by atoms with E-state index in [1.807, 2.05) is 76.2 Å². The Kier molecular flexibility index (Phi) is 5.80. The summed E-state index contributed by atoms with van der Waals surface area (Å²) in [5, 5.41) is 6.38. The third kappa shape index (κ3) is 4.28. The molecule has 0 amide bonds. The minimum atomic E-state index is -3.53. The molecule has 190 valence electrons. The number of hydrogen-bond donors (Lipinski definition) is 1. The molecule has 3 heterocycles. The van der Waals surface area contributed by atoms with Crippen LogP contribution in [0.5, 0.6) is 0 Å². The van der Waals surface area contributed by atoms with E-state index in [2.05, 4.69) is 29.6 Å². The van der Waals surface area contributed by atoms with E-state index in [1.54, 1.807) is 0 Å². The van der Waals surface area contributed by atoms with E-state index in [4.69, 9.17) is 23.5 Å². The molecule has 1 N–H and O–H groups in total. The van der Waals surface area contributed by atoms with Gasteiger partial charge in [0.25, 0.3) is 7.37 Å². The number of ether oxygens (including phenoxy) is 4. The van der Waals surface area contributed by atoms with Gasteiger partial charge in [-0.15, -0.1) is 0 Å². The zero-order valence-electron chi connectivity index (χ0n) is 20.9. The van der Waals surface area contributed by atoms with Gasteiger partial charge >= 0.3 is 0 Å². The average Bonchev–Trinajstić information content (AvgIpc) is 3.39. The molecule has 3 aliphatic rings. The van der Waals surface area contributed by atoms with Crippen LogP contribution < -0.4 is 10.6 Å². The lowest BCUT2D eigenvalue weighted by Crippen LogP contribution is -2.57. The number of rotatable bonds is 4. The van der Waals surface area contributed by atoms with Gasteiger partial charge in [0.15, 0.2) is 11.6 Å². The second-order valence-electron chi connectivity index (χ2n) is 10.6. The Bertz CT molecular complexity index is 1310. The SMILES string of the molecule is CC1(C)O[C@@H]2[C@H](O1)[C@@H](Nc1ccc3ccccc3c1)[P@](=O)(c1ccccc1)O[C@@H]2[C@H]1COC(C)(C)O1. The first kappa shape index (κ1) is 24.1. The van der Waals surface area contributed by atoms with Gasteiger partial charge in [0.05, 0.1) is 6.61 Å². The van der Waals surface area contributed by atoms with Crippen molar-refractivity contribution in [2.45, 2.75) is 69.5 Å². The molecule has 7 nitrogen and oxygen atoms in total. The summed E-state index contributed by atoms with van der Waals surface area (Å²) in [4.78, 5) is 0. The molecule has 0 aromatic heterocycles. The topological polar surface area (TPSA) is 75.3 Å². The molecule has 0 saturated carbocycles. The molecule has 3 aromatic carbocycles. The predicted molar refractivity (Wildman–Crippen MR) is 139 cm³/mol. The Morgan fingerprint density at radius 3 is 2.19 bits per heavy atom. The largest absolute Gasteiger partial charge is 0.371 e. The first-order valence-electron chi connectivity index (χ1n) is 12.4. The third-order valence-corrected chi connectivity index (χ3v) is 9.75. The van der Waals surface area contributed by atoms with Crippen molar-refractivity contribution in [1.29, 1.82) is 0 Å². The minimum absolute atomic E-state index is 0.322. The standard InChI is InChI=1S/C28H32NO6P/c1-27(2)31-17-22(32-27)23-24-25(34-28(3,4)33-24)26(36(30,35-23)21-12-6-5-7-13-21)29-20-15-14-18-10-8-9-11-19(18)16-20/h5-16,22-26,29H,17H2,1-4H3/t22-,23-,24+,25+,26+,36+/m1/s1. The summed E-state index contributed by atoms with van der Waals surface area (Å²) in [6.07, 6.45) is -2.10. The quantitative estimate of drug-likeness (QED) is 0.482. The summed E-state index contributed by atoms with van der Waals surface area (Å²) in [6.45, 7) is 7.80. The van der Waals surface area contributed by atoms with E-state index in [1.165, 1.54) is 0 Å². The highest BCUT2D eigenvalue weighted by Crippen LogP contribution is 2.61. The van der Waals surface area contributed by atoms with Crippen LogP contribution in [0, 0.1) is 0 Å². The molecule has 0 aliphatic carbocycles. The van der Waals surface area contributed by atoms with Crippen LogP contribution in [0.15, 0.2) is 72.8 Å². The van der Waals surface area contributed by atoms with Crippen LogP contribution in [0.2, 0.25) is 0 Å². The van der Waals surface area contributed by atoms with Crippen molar-refractivity contribution in [3.8, 4) is 0 Å². The number of hydrogen-bond acceptors (Lipinski definition) is 7. The molecule has 3 fully saturated rings. The Balaban J connectivity index is 1.43. The third-order valence-electron chi connectivity index (χ3n) is 7.02. The van der Waals surface area contributed by atoms with Crippen LogP contribution in [0.4, 0.5) is 5.69 Å². The lowest BCUT2D eigenvalue weighted by Gasteiger charge is -2.44. The van der Waals surface area contributed by atoms with Gasteiger partial charge in [0.2, 0.25) is 0 Å². The van der Waals surface area contributed by atoms with E-state index in [0.717, 1.165) is 16.5 Å². The number of benzene rings is 3.